The summed E-state index contributed by atoms with van der Waals surface area (Å²) in [5, 5.41) is 3.94. The number of nitrogens with zero attached hydrogens (tertiary/aromatic N) is 2. The standard InChI is InChI=1S/C17H19F3N2O4S/c1-6-22-16(26-4)12(8-21-22)14(23)11-7-9(2)15(27(5,24)25)10(3)13(11)17(18,19)20/h7-8H,6H2,1-5H3. The number of ketones is 1. The Hall–Kier alpha value is -2.36. The van der Waals surface area contributed by atoms with E-state index < -0.39 is 43.4 Å². The van der Waals surface area contributed by atoms with E-state index in [-0.39, 0.29) is 17.0 Å². The van der Waals surface area contributed by atoms with Crippen LogP contribution in [-0.2, 0) is 22.6 Å². The number of benzene rings is 1. The van der Waals surface area contributed by atoms with Gasteiger partial charge in [0.15, 0.2) is 9.84 Å². The second-order valence-electron chi connectivity index (χ2n) is 6.05. The highest BCUT2D eigenvalue weighted by Gasteiger charge is 2.40. The number of aryl methyl sites for hydroxylation is 2. The van der Waals surface area contributed by atoms with Gasteiger partial charge in [-0.2, -0.15) is 18.3 Å². The normalized spacial score (nSPS) is 12.3. The molecule has 0 fully saturated rings. The first kappa shape index (κ1) is 20.9. The molecule has 6 nitrogen and oxygen atoms in total. The van der Waals surface area contributed by atoms with Gasteiger partial charge in [-0.1, -0.05) is 0 Å². The van der Waals surface area contributed by atoms with Crippen LogP contribution in [0.1, 0.15) is 39.5 Å². The molecule has 0 saturated carbocycles. The molecule has 2 aromatic rings. The third-order valence-electron chi connectivity index (χ3n) is 4.13. The lowest BCUT2D eigenvalue weighted by molar-refractivity contribution is -0.138. The maximum Gasteiger partial charge on any atom is 0.417 e. The van der Waals surface area contributed by atoms with Gasteiger partial charge in [-0.3, -0.25) is 4.79 Å². The van der Waals surface area contributed by atoms with Crippen LogP contribution in [0, 0.1) is 13.8 Å². The third-order valence-corrected chi connectivity index (χ3v) is 5.50. The van der Waals surface area contributed by atoms with Gasteiger partial charge in [-0.25, -0.2) is 13.1 Å². The predicted molar refractivity (Wildman–Crippen MR) is 91.9 cm³/mol. The van der Waals surface area contributed by atoms with Crippen LogP contribution in [0.4, 0.5) is 13.2 Å². The molecule has 1 aromatic heterocycles. The molecule has 2 rings (SSSR count). The lowest BCUT2D eigenvalue weighted by Gasteiger charge is -2.19. The minimum atomic E-state index is -4.92. The molecule has 148 valence electrons. The smallest absolute Gasteiger partial charge is 0.417 e. The number of methoxy groups -OCH3 is 1. The first-order chi connectivity index (χ1) is 12.3. The molecule has 0 unspecified atom stereocenters. The van der Waals surface area contributed by atoms with Gasteiger partial charge in [-0.05, 0) is 38.0 Å². The van der Waals surface area contributed by atoms with Gasteiger partial charge in [-0.15, -0.1) is 0 Å². The molecule has 1 heterocycles. The summed E-state index contributed by atoms with van der Waals surface area (Å²) in [7, 11) is -2.63. The highest BCUT2D eigenvalue weighted by atomic mass is 32.2. The Kier molecular flexibility index (Phi) is 5.42. The first-order valence-corrected chi connectivity index (χ1v) is 9.79. The summed E-state index contributed by atoms with van der Waals surface area (Å²) in [5.41, 5.74) is -2.48. The lowest BCUT2D eigenvalue weighted by atomic mass is 9.93. The SMILES string of the molecule is CCn1ncc(C(=O)c2cc(C)c(S(C)(=O)=O)c(C)c2C(F)(F)F)c1OC. The van der Waals surface area contributed by atoms with Crippen LogP contribution in [-0.4, -0.2) is 37.3 Å². The van der Waals surface area contributed by atoms with Gasteiger partial charge in [0.25, 0.3) is 0 Å². The van der Waals surface area contributed by atoms with Crippen LogP contribution < -0.4 is 4.74 Å². The fraction of sp³-hybridized carbons (Fsp3) is 0.412. The monoisotopic (exact) mass is 404 g/mol. The minimum Gasteiger partial charge on any atom is -0.481 e. The summed E-state index contributed by atoms with van der Waals surface area (Å²) >= 11 is 0. The number of rotatable bonds is 5. The van der Waals surface area contributed by atoms with Crippen molar-refractivity contribution in [2.24, 2.45) is 0 Å². The number of carbonyl (C=O) groups is 1. The summed E-state index contributed by atoms with van der Waals surface area (Å²) in [4.78, 5) is 12.5. The van der Waals surface area contributed by atoms with Gasteiger partial charge < -0.3 is 4.74 Å². The average molecular weight is 404 g/mol. The maximum atomic E-state index is 13.7. The van der Waals surface area contributed by atoms with Crippen molar-refractivity contribution in [3.05, 3.63) is 40.1 Å². The summed E-state index contributed by atoms with van der Waals surface area (Å²) in [6, 6.07) is 0.956. The average Bonchev–Trinajstić information content (AvgIpc) is 2.93. The predicted octanol–water partition coefficient (Wildman–Crippen LogP) is 3.18. The molecule has 27 heavy (non-hydrogen) atoms. The molecule has 0 N–H and O–H groups in total. The molecule has 0 aliphatic heterocycles. The highest BCUT2D eigenvalue weighted by Crippen LogP contribution is 2.40. The van der Waals surface area contributed by atoms with Crippen LogP contribution in [0.3, 0.4) is 0 Å². The Morgan fingerprint density at radius 1 is 1.26 bits per heavy atom. The van der Waals surface area contributed by atoms with Crippen molar-refractivity contribution in [1.29, 1.82) is 0 Å². The van der Waals surface area contributed by atoms with Crippen molar-refractivity contribution in [3.8, 4) is 5.88 Å². The van der Waals surface area contributed by atoms with E-state index >= 15 is 0 Å². The summed E-state index contributed by atoms with van der Waals surface area (Å²) in [5.74, 6) is -0.900. The Morgan fingerprint density at radius 3 is 2.30 bits per heavy atom. The summed E-state index contributed by atoms with van der Waals surface area (Å²) in [6.45, 7) is 4.50. The van der Waals surface area contributed by atoms with Gasteiger partial charge in [0.05, 0.1) is 23.8 Å². The zero-order valence-corrected chi connectivity index (χ0v) is 16.2. The molecular formula is C17H19F3N2O4S. The Bertz CT molecular complexity index is 1010. The topological polar surface area (TPSA) is 78.3 Å². The van der Waals surface area contributed by atoms with Crippen LogP contribution in [0.25, 0.3) is 0 Å². The van der Waals surface area contributed by atoms with E-state index in [0.717, 1.165) is 25.4 Å². The maximum absolute atomic E-state index is 13.7. The Labute approximate surface area is 154 Å². The van der Waals surface area contributed by atoms with Gasteiger partial charge >= 0.3 is 6.18 Å². The van der Waals surface area contributed by atoms with Crippen LogP contribution in [0.15, 0.2) is 17.2 Å². The van der Waals surface area contributed by atoms with Gasteiger partial charge in [0, 0.05) is 18.4 Å². The van der Waals surface area contributed by atoms with Crippen LogP contribution >= 0.6 is 0 Å². The van der Waals surface area contributed by atoms with Crippen LogP contribution in [0.5, 0.6) is 5.88 Å². The van der Waals surface area contributed by atoms with Crippen molar-refractivity contribution in [2.45, 2.75) is 38.4 Å². The van der Waals surface area contributed by atoms with E-state index in [1.54, 1.807) is 6.92 Å². The number of sulfone groups is 1. The van der Waals surface area contributed by atoms with E-state index in [2.05, 4.69) is 5.10 Å². The molecule has 0 aliphatic carbocycles. The minimum absolute atomic E-state index is 0.0399. The Morgan fingerprint density at radius 2 is 1.85 bits per heavy atom. The number of halogens is 3. The van der Waals surface area contributed by atoms with E-state index in [9.17, 15) is 26.4 Å². The lowest BCUT2D eigenvalue weighted by Crippen LogP contribution is -2.19. The fourth-order valence-corrected chi connectivity index (χ4v) is 4.50. The van der Waals surface area contributed by atoms with E-state index in [1.807, 2.05) is 0 Å². The molecule has 1 aromatic carbocycles. The van der Waals surface area contributed by atoms with Crippen LogP contribution in [0.2, 0.25) is 0 Å². The molecule has 10 heteroatoms. The fourth-order valence-electron chi connectivity index (χ4n) is 3.20. The van der Waals surface area contributed by atoms with E-state index in [0.29, 0.717) is 6.54 Å². The number of alkyl halides is 3. The number of hydrogen-bond donors (Lipinski definition) is 0. The largest absolute Gasteiger partial charge is 0.481 e. The van der Waals surface area contributed by atoms with Crippen molar-refractivity contribution in [3.63, 3.8) is 0 Å². The zero-order valence-electron chi connectivity index (χ0n) is 15.4. The van der Waals surface area contributed by atoms with Gasteiger partial charge in [0.1, 0.15) is 5.56 Å². The Balaban J connectivity index is 2.85. The number of carbonyl (C=O) groups excluding carboxylic acids is 1. The number of hydrogen-bond acceptors (Lipinski definition) is 5. The summed E-state index contributed by atoms with van der Waals surface area (Å²) in [6.07, 6.45) is -2.95. The number of ether oxygens (including phenoxy) is 1. The molecule has 0 bridgehead atoms. The zero-order chi connectivity index (χ0) is 20.7. The molecule has 0 saturated heterocycles. The molecule has 0 radical (unpaired) electrons. The highest BCUT2D eigenvalue weighted by molar-refractivity contribution is 7.90. The third kappa shape index (κ3) is 3.71. The van der Waals surface area contributed by atoms with Crippen molar-refractivity contribution in [2.75, 3.05) is 13.4 Å². The second-order valence-corrected chi connectivity index (χ2v) is 8.01. The van der Waals surface area contributed by atoms with Crippen molar-refractivity contribution in [1.82, 2.24) is 9.78 Å². The van der Waals surface area contributed by atoms with Gasteiger partial charge in [0.2, 0.25) is 11.7 Å². The number of aromatic nitrogens is 2. The molecule has 0 atom stereocenters. The van der Waals surface area contributed by atoms with Crippen molar-refractivity contribution >= 4 is 15.6 Å². The first-order valence-electron chi connectivity index (χ1n) is 7.90. The quantitative estimate of drug-likeness (QED) is 0.716. The van der Waals surface area contributed by atoms with Crippen molar-refractivity contribution < 1.29 is 31.1 Å². The molecule has 0 aliphatic rings. The van der Waals surface area contributed by atoms with E-state index in [4.69, 9.17) is 4.74 Å². The summed E-state index contributed by atoms with van der Waals surface area (Å²) < 4.78 is 71.6. The molecular weight excluding hydrogens is 385 g/mol. The second kappa shape index (κ2) is 6.99. The molecule has 0 amide bonds. The molecule has 0 spiro atoms. The van der Waals surface area contributed by atoms with E-state index in [1.165, 1.54) is 18.7 Å².